The second kappa shape index (κ2) is 9.68. The average molecular weight is 517 g/mol. The number of imidazole rings is 1. The van der Waals surface area contributed by atoms with Crippen LogP contribution < -0.4 is 4.74 Å². The van der Waals surface area contributed by atoms with Crippen molar-refractivity contribution in [2.45, 2.75) is 32.6 Å². The Bertz CT molecular complexity index is 1460. The molecule has 37 heavy (non-hydrogen) atoms. The summed E-state index contributed by atoms with van der Waals surface area (Å²) >= 11 is 0. The minimum Gasteiger partial charge on any atom is -0.494 e. The predicted octanol–water partition coefficient (Wildman–Crippen LogP) is 6.17. The Balaban J connectivity index is 1.33. The second-order valence-corrected chi connectivity index (χ2v) is 8.35. The van der Waals surface area contributed by atoms with E-state index in [1.807, 2.05) is 6.92 Å². The molecule has 1 aliphatic rings. The van der Waals surface area contributed by atoms with Crippen LogP contribution >= 0.6 is 0 Å². The highest BCUT2D eigenvalue weighted by molar-refractivity contribution is 5.80. The number of fused-ring (bicyclic) bond motifs is 1. The van der Waals surface area contributed by atoms with Gasteiger partial charge in [-0.25, -0.2) is 13.8 Å². The topological polar surface area (TPSA) is 79.5 Å². The minimum absolute atomic E-state index is 0.0120. The van der Waals surface area contributed by atoms with Crippen LogP contribution in [0.4, 0.5) is 22.0 Å². The van der Waals surface area contributed by atoms with Crippen molar-refractivity contribution in [2.24, 2.45) is 5.10 Å². The summed E-state index contributed by atoms with van der Waals surface area (Å²) in [6.07, 6.45) is -2.49. The van der Waals surface area contributed by atoms with Gasteiger partial charge in [-0.3, -0.25) is 5.01 Å². The smallest absolute Gasteiger partial charge is 0.417 e. The number of alkyl halides is 3. The largest absolute Gasteiger partial charge is 0.494 e. The minimum atomic E-state index is -4.62. The third kappa shape index (κ3) is 5.04. The van der Waals surface area contributed by atoms with Gasteiger partial charge >= 0.3 is 6.18 Å². The number of hydrogen-bond acceptors (Lipinski definition) is 6. The van der Waals surface area contributed by atoms with Gasteiger partial charge in [0, 0.05) is 11.6 Å². The SMILES string of the molecule is CCCOc1ccc(-c2cc(CN3Cc4nc(-c5cccc(F)c5F)[nH]c4C=N3)no2)c(C(F)(F)F)c1. The summed E-state index contributed by atoms with van der Waals surface area (Å²) in [6, 6.07) is 8.92. The van der Waals surface area contributed by atoms with E-state index >= 15 is 0 Å². The quantitative estimate of drug-likeness (QED) is 0.297. The lowest BCUT2D eigenvalue weighted by Crippen LogP contribution is -2.21. The van der Waals surface area contributed by atoms with Crippen molar-refractivity contribution in [3.63, 3.8) is 0 Å². The van der Waals surface area contributed by atoms with E-state index in [-0.39, 0.29) is 41.6 Å². The summed E-state index contributed by atoms with van der Waals surface area (Å²) in [5.74, 6) is -1.77. The van der Waals surface area contributed by atoms with Crippen LogP contribution in [0.5, 0.6) is 5.75 Å². The molecule has 0 spiro atoms. The lowest BCUT2D eigenvalue weighted by molar-refractivity contribution is -0.137. The van der Waals surface area contributed by atoms with E-state index in [0.29, 0.717) is 30.1 Å². The number of halogens is 5. The molecule has 4 aromatic rings. The van der Waals surface area contributed by atoms with E-state index in [2.05, 4.69) is 20.2 Å². The third-order valence-corrected chi connectivity index (χ3v) is 5.64. The molecule has 12 heteroatoms. The van der Waals surface area contributed by atoms with Crippen LogP contribution in [-0.4, -0.2) is 33.0 Å². The number of rotatable bonds is 7. The number of nitrogens with zero attached hydrogens (tertiary/aromatic N) is 4. The van der Waals surface area contributed by atoms with Crippen molar-refractivity contribution >= 4 is 6.21 Å². The molecule has 0 amide bonds. The Morgan fingerprint density at radius 1 is 1.11 bits per heavy atom. The van der Waals surface area contributed by atoms with Gasteiger partial charge in [0.05, 0.1) is 48.4 Å². The van der Waals surface area contributed by atoms with E-state index in [1.165, 1.54) is 36.5 Å². The maximum absolute atomic E-state index is 14.2. The number of ether oxygens (including phenoxy) is 1. The highest BCUT2D eigenvalue weighted by Crippen LogP contribution is 2.39. The van der Waals surface area contributed by atoms with Gasteiger partial charge in [0.1, 0.15) is 17.3 Å². The molecule has 3 heterocycles. The number of hydrogen-bond donors (Lipinski definition) is 1. The molecule has 192 valence electrons. The van der Waals surface area contributed by atoms with Crippen LogP contribution in [0.15, 0.2) is 52.1 Å². The van der Waals surface area contributed by atoms with Crippen molar-refractivity contribution in [3.05, 3.63) is 76.7 Å². The number of aromatic nitrogens is 3. The first-order valence-electron chi connectivity index (χ1n) is 11.3. The maximum atomic E-state index is 14.2. The Morgan fingerprint density at radius 3 is 2.73 bits per heavy atom. The highest BCUT2D eigenvalue weighted by atomic mass is 19.4. The summed E-state index contributed by atoms with van der Waals surface area (Å²) in [4.78, 5) is 7.28. The Hall–Kier alpha value is -4.22. The Kier molecular flexibility index (Phi) is 6.40. The standard InChI is InChI=1S/C25H20F5N5O2/c1-2-8-36-15-6-7-16(18(10-15)25(28,29)30)22-9-14(34-37-22)12-35-13-21-20(11-31-35)32-24(33-21)17-4-3-5-19(26)23(17)27/h3-7,9-11H,2,8,12-13H2,1H3,(H,32,33). The molecule has 0 unspecified atom stereocenters. The van der Waals surface area contributed by atoms with Gasteiger partial charge in [-0.05, 0) is 36.8 Å². The molecule has 0 saturated heterocycles. The molecule has 0 aliphatic carbocycles. The first-order chi connectivity index (χ1) is 17.7. The molecule has 0 fully saturated rings. The second-order valence-electron chi connectivity index (χ2n) is 8.35. The summed E-state index contributed by atoms with van der Waals surface area (Å²) in [5.41, 5.74) is 0.367. The summed E-state index contributed by atoms with van der Waals surface area (Å²) in [6.45, 7) is 2.49. The highest BCUT2D eigenvalue weighted by Gasteiger charge is 2.35. The van der Waals surface area contributed by atoms with Gasteiger partial charge < -0.3 is 14.2 Å². The Morgan fingerprint density at radius 2 is 1.95 bits per heavy atom. The molecule has 7 nitrogen and oxygen atoms in total. The van der Waals surface area contributed by atoms with Crippen molar-refractivity contribution in [1.29, 1.82) is 0 Å². The lowest BCUT2D eigenvalue weighted by Gasteiger charge is -2.19. The van der Waals surface area contributed by atoms with Crippen molar-refractivity contribution in [3.8, 4) is 28.5 Å². The van der Waals surface area contributed by atoms with E-state index in [9.17, 15) is 22.0 Å². The zero-order chi connectivity index (χ0) is 26.2. The van der Waals surface area contributed by atoms with Gasteiger partial charge in [0.2, 0.25) is 0 Å². The Labute approximate surface area is 207 Å². The van der Waals surface area contributed by atoms with Crippen molar-refractivity contribution in [2.75, 3.05) is 6.61 Å². The molecular weight excluding hydrogens is 497 g/mol. The van der Waals surface area contributed by atoms with Crippen LogP contribution in [0, 0.1) is 11.6 Å². The molecule has 2 aromatic heterocycles. The number of nitrogens with one attached hydrogen (secondary N) is 1. The number of benzene rings is 2. The lowest BCUT2D eigenvalue weighted by atomic mass is 10.0. The fourth-order valence-corrected chi connectivity index (χ4v) is 3.90. The molecule has 5 rings (SSSR count). The van der Waals surface area contributed by atoms with Crippen LogP contribution in [0.2, 0.25) is 0 Å². The normalized spacial score (nSPS) is 13.2. The summed E-state index contributed by atoms with van der Waals surface area (Å²) < 4.78 is 79.5. The monoisotopic (exact) mass is 517 g/mol. The summed E-state index contributed by atoms with van der Waals surface area (Å²) in [5, 5.41) is 9.76. The zero-order valence-corrected chi connectivity index (χ0v) is 19.4. The maximum Gasteiger partial charge on any atom is 0.417 e. The van der Waals surface area contributed by atoms with Gasteiger partial charge in [-0.15, -0.1) is 0 Å². The van der Waals surface area contributed by atoms with Crippen LogP contribution in [0.1, 0.15) is 36.0 Å². The molecule has 0 saturated carbocycles. The van der Waals surface area contributed by atoms with Gasteiger partial charge in [-0.2, -0.15) is 18.3 Å². The molecule has 1 N–H and O–H groups in total. The first-order valence-corrected chi connectivity index (χ1v) is 11.3. The zero-order valence-electron chi connectivity index (χ0n) is 19.4. The molecule has 0 bridgehead atoms. The fraction of sp³-hybridized carbons (Fsp3) is 0.240. The van der Waals surface area contributed by atoms with Gasteiger partial charge in [0.25, 0.3) is 0 Å². The molecule has 0 radical (unpaired) electrons. The molecule has 2 aromatic carbocycles. The molecular formula is C25H20F5N5O2. The van der Waals surface area contributed by atoms with Gasteiger partial charge in [0.15, 0.2) is 17.4 Å². The van der Waals surface area contributed by atoms with Gasteiger partial charge in [-0.1, -0.05) is 18.1 Å². The van der Waals surface area contributed by atoms with Crippen LogP contribution in [-0.2, 0) is 19.3 Å². The number of aromatic amines is 1. The van der Waals surface area contributed by atoms with Crippen LogP contribution in [0.3, 0.4) is 0 Å². The first kappa shape index (κ1) is 24.5. The summed E-state index contributed by atoms with van der Waals surface area (Å²) in [7, 11) is 0. The van der Waals surface area contributed by atoms with Crippen LogP contribution in [0.25, 0.3) is 22.7 Å². The van der Waals surface area contributed by atoms with E-state index < -0.39 is 23.4 Å². The van der Waals surface area contributed by atoms with E-state index in [4.69, 9.17) is 9.26 Å². The molecule has 0 atom stereocenters. The van der Waals surface area contributed by atoms with E-state index in [0.717, 1.165) is 12.1 Å². The van der Waals surface area contributed by atoms with E-state index in [1.54, 1.807) is 5.01 Å². The third-order valence-electron chi connectivity index (χ3n) is 5.64. The fourth-order valence-electron chi connectivity index (χ4n) is 3.90. The number of hydrazone groups is 1. The molecule has 1 aliphatic heterocycles. The average Bonchev–Trinajstić information content (AvgIpc) is 3.50. The predicted molar refractivity (Wildman–Crippen MR) is 124 cm³/mol. The van der Waals surface area contributed by atoms with Crippen molar-refractivity contribution < 1.29 is 31.2 Å². The number of H-pyrrole nitrogens is 1. The van der Waals surface area contributed by atoms with Crippen molar-refractivity contribution in [1.82, 2.24) is 20.1 Å².